The van der Waals surface area contributed by atoms with Gasteiger partial charge in [-0.1, -0.05) is 13.3 Å². The molecule has 2 rings (SSSR count). The van der Waals surface area contributed by atoms with E-state index in [1.54, 1.807) is 6.20 Å². The maximum absolute atomic E-state index is 8.98. The molecule has 0 radical (unpaired) electrons. The molecule has 18 heavy (non-hydrogen) atoms. The SMILES string of the molecule is CCC(CCO)CNc1nccn2nc(C)cc12. The molecule has 1 unspecified atom stereocenters. The molecule has 5 nitrogen and oxygen atoms in total. The van der Waals surface area contributed by atoms with Crippen LogP contribution in [0.4, 0.5) is 5.82 Å². The van der Waals surface area contributed by atoms with Crippen molar-refractivity contribution in [2.45, 2.75) is 26.7 Å². The number of hydrogen-bond donors (Lipinski definition) is 2. The molecule has 0 aliphatic rings. The Balaban J connectivity index is 2.11. The Morgan fingerprint density at radius 1 is 1.50 bits per heavy atom. The molecule has 0 aromatic carbocycles. The van der Waals surface area contributed by atoms with Crippen molar-refractivity contribution in [2.24, 2.45) is 5.92 Å². The zero-order valence-electron chi connectivity index (χ0n) is 10.9. The number of aromatic nitrogens is 3. The summed E-state index contributed by atoms with van der Waals surface area (Å²) < 4.78 is 1.83. The minimum Gasteiger partial charge on any atom is -0.396 e. The van der Waals surface area contributed by atoms with E-state index >= 15 is 0 Å². The van der Waals surface area contributed by atoms with E-state index in [0.29, 0.717) is 5.92 Å². The second-order valence-corrected chi connectivity index (χ2v) is 4.56. The molecule has 0 spiro atoms. The molecule has 2 aromatic heterocycles. The second kappa shape index (κ2) is 5.82. The Morgan fingerprint density at radius 2 is 2.33 bits per heavy atom. The molecule has 1 atom stereocenters. The van der Waals surface area contributed by atoms with Gasteiger partial charge in [-0.05, 0) is 25.3 Å². The van der Waals surface area contributed by atoms with E-state index in [-0.39, 0.29) is 6.61 Å². The van der Waals surface area contributed by atoms with Crippen molar-refractivity contribution in [2.75, 3.05) is 18.5 Å². The van der Waals surface area contributed by atoms with Crippen LogP contribution in [0.2, 0.25) is 0 Å². The van der Waals surface area contributed by atoms with E-state index in [0.717, 1.165) is 36.4 Å². The fraction of sp³-hybridized carbons (Fsp3) is 0.538. The van der Waals surface area contributed by atoms with E-state index in [1.165, 1.54) is 0 Å². The normalized spacial score (nSPS) is 12.8. The molecule has 0 fully saturated rings. The monoisotopic (exact) mass is 248 g/mol. The van der Waals surface area contributed by atoms with Gasteiger partial charge in [-0.2, -0.15) is 5.10 Å². The lowest BCUT2D eigenvalue weighted by atomic mass is 10.0. The third-order valence-corrected chi connectivity index (χ3v) is 3.18. The summed E-state index contributed by atoms with van der Waals surface area (Å²) in [6, 6.07) is 2.02. The van der Waals surface area contributed by atoms with Crippen LogP contribution in [0.5, 0.6) is 0 Å². The Bertz CT molecular complexity index is 509. The molecule has 98 valence electrons. The second-order valence-electron chi connectivity index (χ2n) is 4.56. The highest BCUT2D eigenvalue weighted by Gasteiger charge is 2.08. The summed E-state index contributed by atoms with van der Waals surface area (Å²) >= 11 is 0. The lowest BCUT2D eigenvalue weighted by Gasteiger charge is -2.15. The van der Waals surface area contributed by atoms with E-state index in [4.69, 9.17) is 5.11 Å². The zero-order valence-corrected chi connectivity index (χ0v) is 10.9. The van der Waals surface area contributed by atoms with Crippen LogP contribution in [0.15, 0.2) is 18.5 Å². The smallest absolute Gasteiger partial charge is 0.152 e. The third-order valence-electron chi connectivity index (χ3n) is 3.18. The highest BCUT2D eigenvalue weighted by Crippen LogP contribution is 2.16. The molecular weight excluding hydrogens is 228 g/mol. The van der Waals surface area contributed by atoms with Crippen molar-refractivity contribution >= 4 is 11.3 Å². The molecule has 0 aliphatic carbocycles. The van der Waals surface area contributed by atoms with Crippen molar-refractivity contribution in [3.8, 4) is 0 Å². The third kappa shape index (κ3) is 2.79. The Hall–Kier alpha value is -1.62. The van der Waals surface area contributed by atoms with Gasteiger partial charge in [-0.3, -0.25) is 0 Å². The maximum Gasteiger partial charge on any atom is 0.152 e. The molecule has 0 aliphatic heterocycles. The van der Waals surface area contributed by atoms with Crippen molar-refractivity contribution in [1.29, 1.82) is 0 Å². The number of aliphatic hydroxyl groups is 1. The van der Waals surface area contributed by atoms with E-state index in [9.17, 15) is 0 Å². The molecular formula is C13H20N4O. The highest BCUT2D eigenvalue weighted by atomic mass is 16.3. The van der Waals surface area contributed by atoms with Gasteiger partial charge in [0.15, 0.2) is 5.82 Å². The number of hydrogen-bond acceptors (Lipinski definition) is 4. The lowest BCUT2D eigenvalue weighted by molar-refractivity contribution is 0.258. The number of nitrogens with one attached hydrogen (secondary N) is 1. The van der Waals surface area contributed by atoms with E-state index in [1.807, 2.05) is 23.7 Å². The lowest BCUT2D eigenvalue weighted by Crippen LogP contribution is -2.16. The molecule has 0 saturated carbocycles. The molecule has 2 aromatic rings. The standard InChI is InChI=1S/C13H20N4O/c1-3-11(4-7-18)9-15-13-12-8-10(2)16-17(12)6-5-14-13/h5-6,8,11,18H,3-4,7,9H2,1-2H3,(H,14,15). The van der Waals surface area contributed by atoms with Gasteiger partial charge in [-0.15, -0.1) is 0 Å². The molecule has 2 N–H and O–H groups in total. The molecule has 0 bridgehead atoms. The number of aliphatic hydroxyl groups excluding tert-OH is 1. The number of rotatable bonds is 6. The van der Waals surface area contributed by atoms with Gasteiger partial charge in [0.2, 0.25) is 0 Å². The molecule has 2 heterocycles. The number of fused-ring (bicyclic) bond motifs is 1. The molecule has 0 amide bonds. The minimum absolute atomic E-state index is 0.240. The van der Waals surface area contributed by atoms with Crippen LogP contribution in [0.1, 0.15) is 25.5 Å². The first kappa shape index (κ1) is 12.8. The van der Waals surface area contributed by atoms with Crippen LogP contribution in [-0.4, -0.2) is 32.9 Å². The largest absolute Gasteiger partial charge is 0.396 e. The van der Waals surface area contributed by atoms with Crippen LogP contribution in [-0.2, 0) is 0 Å². The predicted molar refractivity (Wildman–Crippen MR) is 71.7 cm³/mol. The maximum atomic E-state index is 8.98. The minimum atomic E-state index is 0.240. The van der Waals surface area contributed by atoms with Crippen LogP contribution in [0.25, 0.3) is 5.52 Å². The Morgan fingerprint density at radius 3 is 3.06 bits per heavy atom. The van der Waals surface area contributed by atoms with Gasteiger partial charge in [-0.25, -0.2) is 9.50 Å². The van der Waals surface area contributed by atoms with Crippen molar-refractivity contribution in [3.05, 3.63) is 24.2 Å². The summed E-state index contributed by atoms with van der Waals surface area (Å²) in [5.74, 6) is 1.33. The average Bonchev–Trinajstić information content (AvgIpc) is 2.75. The summed E-state index contributed by atoms with van der Waals surface area (Å²) in [6.07, 6.45) is 5.47. The highest BCUT2D eigenvalue weighted by molar-refractivity contribution is 5.67. The predicted octanol–water partition coefficient (Wildman–Crippen LogP) is 1.86. The summed E-state index contributed by atoms with van der Waals surface area (Å²) in [5.41, 5.74) is 1.97. The average molecular weight is 248 g/mol. The molecule has 0 saturated heterocycles. The van der Waals surface area contributed by atoms with Crippen molar-refractivity contribution < 1.29 is 5.11 Å². The summed E-state index contributed by atoms with van der Waals surface area (Å²) in [4.78, 5) is 4.35. The van der Waals surface area contributed by atoms with Crippen LogP contribution < -0.4 is 5.32 Å². The van der Waals surface area contributed by atoms with Gasteiger partial charge in [0.1, 0.15) is 5.52 Å². The van der Waals surface area contributed by atoms with E-state index < -0.39 is 0 Å². The van der Waals surface area contributed by atoms with Gasteiger partial charge in [0.05, 0.1) is 5.69 Å². The summed E-state index contributed by atoms with van der Waals surface area (Å²) in [5, 5.41) is 16.7. The number of anilines is 1. The van der Waals surface area contributed by atoms with E-state index in [2.05, 4.69) is 22.3 Å². The van der Waals surface area contributed by atoms with Gasteiger partial charge >= 0.3 is 0 Å². The van der Waals surface area contributed by atoms with Gasteiger partial charge in [0.25, 0.3) is 0 Å². The number of aryl methyl sites for hydroxylation is 1. The fourth-order valence-electron chi connectivity index (χ4n) is 2.05. The first-order chi connectivity index (χ1) is 8.74. The topological polar surface area (TPSA) is 62.5 Å². The molecule has 5 heteroatoms. The first-order valence-electron chi connectivity index (χ1n) is 6.40. The van der Waals surface area contributed by atoms with Crippen LogP contribution in [0.3, 0.4) is 0 Å². The van der Waals surface area contributed by atoms with Gasteiger partial charge < -0.3 is 10.4 Å². The van der Waals surface area contributed by atoms with Crippen LogP contribution >= 0.6 is 0 Å². The quantitative estimate of drug-likeness (QED) is 0.819. The first-order valence-corrected chi connectivity index (χ1v) is 6.40. The van der Waals surface area contributed by atoms with Crippen molar-refractivity contribution in [3.63, 3.8) is 0 Å². The van der Waals surface area contributed by atoms with Gasteiger partial charge in [0, 0.05) is 25.5 Å². The fourth-order valence-corrected chi connectivity index (χ4v) is 2.05. The van der Waals surface area contributed by atoms with Crippen LogP contribution in [0, 0.1) is 12.8 Å². The Labute approximate surface area is 107 Å². The summed E-state index contributed by atoms with van der Waals surface area (Å²) in [6.45, 7) is 5.17. The summed E-state index contributed by atoms with van der Waals surface area (Å²) in [7, 11) is 0. The zero-order chi connectivity index (χ0) is 13.0. The van der Waals surface area contributed by atoms with Crippen molar-refractivity contribution in [1.82, 2.24) is 14.6 Å². The number of nitrogens with zero attached hydrogens (tertiary/aromatic N) is 3. The Kier molecular flexibility index (Phi) is 4.15.